The Balaban J connectivity index is 1.17. The number of allylic oxidation sites excluding steroid dienone is 2. The average Bonchev–Trinajstić information content (AvgIpc) is 3.18. The lowest BCUT2D eigenvalue weighted by molar-refractivity contribution is -0.375. The Labute approximate surface area is 346 Å². The maximum absolute atomic E-state index is 13.7. The second kappa shape index (κ2) is 15.7. The quantitative estimate of drug-likeness (QED) is 0.0868. The number of ether oxygens (including phenoxy) is 5. The van der Waals surface area contributed by atoms with E-state index in [1.807, 2.05) is 6.92 Å². The van der Waals surface area contributed by atoms with Crippen molar-refractivity contribution in [1.82, 2.24) is 0 Å². The summed E-state index contributed by atoms with van der Waals surface area (Å²) in [7, 11) is 1.40. The summed E-state index contributed by atoms with van der Waals surface area (Å²) >= 11 is 0. The zero-order valence-corrected chi connectivity index (χ0v) is 35.5. The average molecular weight is 843 g/mol. The molecule has 10 N–H and O–H groups in total. The van der Waals surface area contributed by atoms with Crippen LogP contribution in [0.3, 0.4) is 0 Å². The van der Waals surface area contributed by atoms with Crippen molar-refractivity contribution in [2.75, 3.05) is 26.9 Å². The van der Waals surface area contributed by atoms with Crippen LogP contribution in [0, 0.1) is 50.2 Å². The van der Waals surface area contributed by atoms with Gasteiger partial charge in [0.2, 0.25) is 0 Å². The van der Waals surface area contributed by atoms with E-state index in [4.69, 9.17) is 23.7 Å². The number of hydrogen-bond acceptors (Lipinski definition) is 16. The first-order valence-corrected chi connectivity index (χ1v) is 21.5. The molecule has 16 heteroatoms. The van der Waals surface area contributed by atoms with Crippen LogP contribution in [0.15, 0.2) is 11.6 Å². The van der Waals surface area contributed by atoms with Crippen molar-refractivity contribution in [3.8, 4) is 0 Å². The van der Waals surface area contributed by atoms with Gasteiger partial charge in [0.1, 0.15) is 54.2 Å². The largest absolute Gasteiger partial charge is 0.468 e. The van der Waals surface area contributed by atoms with Crippen molar-refractivity contribution in [1.29, 1.82) is 0 Å². The molecule has 2 saturated heterocycles. The summed E-state index contributed by atoms with van der Waals surface area (Å²) < 4.78 is 29.0. The zero-order chi connectivity index (χ0) is 43.4. The number of rotatable bonds is 8. The fourth-order valence-electron chi connectivity index (χ4n) is 14.1. The Kier molecular flexibility index (Phi) is 12.2. The van der Waals surface area contributed by atoms with Crippen LogP contribution in [0.1, 0.15) is 92.9 Å². The Morgan fingerprint density at radius 1 is 0.746 bits per heavy atom. The van der Waals surface area contributed by atoms with Crippen molar-refractivity contribution >= 4 is 5.97 Å². The lowest BCUT2D eigenvalue weighted by Gasteiger charge is -2.72. The molecule has 0 aromatic carbocycles. The van der Waals surface area contributed by atoms with Gasteiger partial charge in [0.25, 0.3) is 0 Å². The van der Waals surface area contributed by atoms with E-state index in [1.54, 1.807) is 0 Å². The fourth-order valence-corrected chi connectivity index (χ4v) is 14.1. The SMILES string of the molecule is COC(=O)[C@]12CCC(C)(C)C[C@H]1C1=CC[C@@H]3[C@@]4(C)C[C@H](O)[C@H](O[C@@H]5O[C@H](CO)[C@@H](O)[C@H](O[C@H]6O[C@H](CO)[C@@H](O)[C@H](O)[C@H]6O)[C@H]5O)[C@@](C)(CO)[C@@H]4CC[C@@]3(C)[C@]1(C)C[C@H]2O. The van der Waals surface area contributed by atoms with Gasteiger partial charge in [-0.1, -0.05) is 53.2 Å². The van der Waals surface area contributed by atoms with Crippen molar-refractivity contribution in [2.24, 2.45) is 50.2 Å². The number of carbonyl (C=O) groups is 1. The smallest absolute Gasteiger partial charge is 0.315 e. The van der Waals surface area contributed by atoms with Crippen LogP contribution in [-0.4, -0.2) is 164 Å². The Bertz CT molecular complexity index is 1590. The monoisotopic (exact) mass is 842 g/mol. The van der Waals surface area contributed by atoms with Crippen molar-refractivity contribution in [3.05, 3.63) is 11.6 Å². The summed E-state index contributed by atoms with van der Waals surface area (Å²) in [6.45, 7) is 11.1. The second-order valence-electron chi connectivity index (χ2n) is 21.0. The van der Waals surface area contributed by atoms with E-state index in [2.05, 4.69) is 40.7 Å². The van der Waals surface area contributed by atoms with E-state index < -0.39 is 121 Å². The maximum atomic E-state index is 13.7. The molecule has 338 valence electrons. The van der Waals surface area contributed by atoms with Crippen LogP contribution in [0.25, 0.3) is 0 Å². The highest BCUT2D eigenvalue weighted by atomic mass is 16.7. The third-order valence-corrected chi connectivity index (χ3v) is 17.5. The molecule has 0 aromatic heterocycles. The van der Waals surface area contributed by atoms with Crippen LogP contribution in [-0.2, 0) is 28.5 Å². The Hall–Kier alpha value is -1.35. The van der Waals surface area contributed by atoms with Gasteiger partial charge >= 0.3 is 5.97 Å². The maximum Gasteiger partial charge on any atom is 0.315 e. The molecular weight excluding hydrogens is 772 g/mol. The fraction of sp³-hybridized carbons (Fsp3) is 0.930. The third kappa shape index (κ3) is 6.64. The molecule has 2 heterocycles. The van der Waals surface area contributed by atoms with E-state index in [0.717, 1.165) is 19.3 Å². The molecular formula is C43H70O16. The lowest BCUT2D eigenvalue weighted by atomic mass is 9.33. The Morgan fingerprint density at radius 2 is 1.37 bits per heavy atom. The molecule has 7 aliphatic rings. The molecule has 0 aromatic rings. The van der Waals surface area contributed by atoms with Crippen LogP contribution in [0.5, 0.6) is 0 Å². The normalized spacial score (nSPS) is 54.5. The molecule has 5 aliphatic carbocycles. The van der Waals surface area contributed by atoms with Gasteiger partial charge in [-0.3, -0.25) is 4.79 Å². The van der Waals surface area contributed by atoms with Gasteiger partial charge in [0, 0.05) is 5.41 Å². The molecule has 2 aliphatic heterocycles. The van der Waals surface area contributed by atoms with Gasteiger partial charge in [0.15, 0.2) is 12.6 Å². The van der Waals surface area contributed by atoms with Crippen molar-refractivity contribution in [3.63, 3.8) is 0 Å². The van der Waals surface area contributed by atoms with Gasteiger partial charge < -0.3 is 74.7 Å². The molecule has 4 saturated carbocycles. The van der Waals surface area contributed by atoms with E-state index in [1.165, 1.54) is 12.7 Å². The molecule has 0 bridgehead atoms. The molecule has 0 amide bonds. The summed E-state index contributed by atoms with van der Waals surface area (Å²) in [6.07, 6.45) is -12.6. The first-order chi connectivity index (χ1) is 27.5. The Morgan fingerprint density at radius 3 is 1.98 bits per heavy atom. The van der Waals surface area contributed by atoms with Crippen LogP contribution < -0.4 is 0 Å². The number of methoxy groups -OCH3 is 1. The number of aliphatic hydroxyl groups is 10. The highest BCUT2D eigenvalue weighted by molar-refractivity contribution is 5.79. The minimum Gasteiger partial charge on any atom is -0.468 e. The summed E-state index contributed by atoms with van der Waals surface area (Å²) in [5.41, 5.74) is -2.33. The molecule has 21 atom stereocenters. The standard InChI is InChI=1S/C43H70O16/c1-38(2)12-13-43(37(54)55-7)21(14-38)20-8-9-26-39(3)15-22(47)34(40(4,19-46)25(39)10-11-41(26,5)42(20,6)16-27(43)48)59-36-32(53)33(29(50)24(18-45)57-36)58-35-31(52)30(51)28(49)23(17-44)56-35/h8,21-36,44-53H,9-19H2,1-7H3/t21-,22-,23+,24+,25+,26+,27+,28+,29+,30-,31+,32+,33-,34-,35+,36-,39-,40-,41+,42+,43+/m0/s1. The van der Waals surface area contributed by atoms with Gasteiger partial charge in [-0.05, 0) is 90.8 Å². The van der Waals surface area contributed by atoms with E-state index in [0.29, 0.717) is 25.7 Å². The number of aliphatic hydroxyl groups excluding tert-OH is 10. The van der Waals surface area contributed by atoms with Crippen LogP contribution in [0.4, 0.5) is 0 Å². The molecule has 59 heavy (non-hydrogen) atoms. The van der Waals surface area contributed by atoms with Gasteiger partial charge in [-0.25, -0.2) is 0 Å². The number of carbonyl (C=O) groups excluding carboxylic acids is 1. The summed E-state index contributed by atoms with van der Waals surface area (Å²) in [5, 5.41) is 110. The van der Waals surface area contributed by atoms with Gasteiger partial charge in [0.05, 0.1) is 45.2 Å². The second-order valence-corrected chi connectivity index (χ2v) is 21.0. The van der Waals surface area contributed by atoms with Crippen molar-refractivity contribution < 1.29 is 79.5 Å². The lowest BCUT2D eigenvalue weighted by Crippen LogP contribution is -2.70. The summed E-state index contributed by atoms with van der Waals surface area (Å²) in [6, 6.07) is 0. The minimum absolute atomic E-state index is 0.000145. The van der Waals surface area contributed by atoms with E-state index >= 15 is 0 Å². The van der Waals surface area contributed by atoms with Gasteiger partial charge in [-0.2, -0.15) is 0 Å². The number of fused-ring (bicyclic) bond motifs is 7. The molecule has 0 radical (unpaired) electrons. The van der Waals surface area contributed by atoms with Crippen LogP contribution >= 0.6 is 0 Å². The minimum atomic E-state index is -1.84. The first kappa shape index (κ1) is 45.7. The number of hydrogen-bond donors (Lipinski definition) is 10. The first-order valence-electron chi connectivity index (χ1n) is 21.5. The molecule has 6 fully saturated rings. The highest BCUT2D eigenvalue weighted by Crippen LogP contribution is 2.76. The summed E-state index contributed by atoms with van der Waals surface area (Å²) in [5.74, 6) is -0.748. The molecule has 0 unspecified atom stereocenters. The highest BCUT2D eigenvalue weighted by Gasteiger charge is 2.73. The third-order valence-electron chi connectivity index (χ3n) is 17.5. The summed E-state index contributed by atoms with van der Waals surface area (Å²) in [4.78, 5) is 13.7. The molecule has 7 rings (SSSR count). The molecule has 16 nitrogen and oxygen atoms in total. The van der Waals surface area contributed by atoms with E-state index in [-0.39, 0.29) is 41.0 Å². The van der Waals surface area contributed by atoms with Crippen molar-refractivity contribution in [2.45, 2.75) is 173 Å². The van der Waals surface area contributed by atoms with Crippen LogP contribution in [0.2, 0.25) is 0 Å². The predicted octanol–water partition coefficient (Wildman–Crippen LogP) is -0.116. The zero-order valence-electron chi connectivity index (χ0n) is 35.5. The van der Waals surface area contributed by atoms with E-state index in [9.17, 15) is 55.9 Å². The van der Waals surface area contributed by atoms with Gasteiger partial charge in [-0.15, -0.1) is 0 Å². The topological polar surface area (TPSA) is 266 Å². The molecule has 0 spiro atoms. The number of esters is 1. The predicted molar refractivity (Wildman–Crippen MR) is 207 cm³/mol.